The van der Waals surface area contributed by atoms with Crippen LogP contribution < -0.4 is 16.1 Å². The molecule has 1 fully saturated rings. The molecule has 10 heteroatoms. The standard InChI is InChI=1S/C17H15N5O4S/c1-17(11-5-3-2-4-6-11)14(23)21(16(24)19-17)20-15(27)18-12-7-9-13(10-8-12)22(25)26/h2-10H,1H3,(H,19,24)(H2,18,20,27)/t17-/m0/s1. The van der Waals surface area contributed by atoms with Crippen molar-refractivity contribution >= 4 is 40.6 Å². The predicted octanol–water partition coefficient (Wildman–Crippen LogP) is 2.26. The fourth-order valence-electron chi connectivity index (χ4n) is 2.63. The maximum Gasteiger partial charge on any atom is 0.344 e. The number of benzene rings is 2. The molecule has 0 aromatic heterocycles. The summed E-state index contributed by atoms with van der Waals surface area (Å²) in [7, 11) is 0. The summed E-state index contributed by atoms with van der Waals surface area (Å²) in [5, 5.41) is 16.9. The number of urea groups is 1. The predicted molar refractivity (Wildman–Crippen MR) is 102 cm³/mol. The van der Waals surface area contributed by atoms with Crippen LogP contribution in [0.1, 0.15) is 12.5 Å². The second-order valence-electron chi connectivity index (χ2n) is 5.93. The minimum absolute atomic E-state index is 0.00957. The molecule has 1 atom stereocenters. The van der Waals surface area contributed by atoms with Crippen LogP contribution in [0.4, 0.5) is 16.2 Å². The Morgan fingerprint density at radius 3 is 2.37 bits per heavy atom. The van der Waals surface area contributed by atoms with Gasteiger partial charge in [0.05, 0.1) is 4.92 Å². The number of hydrogen-bond acceptors (Lipinski definition) is 5. The van der Waals surface area contributed by atoms with Crippen molar-refractivity contribution in [1.29, 1.82) is 0 Å². The van der Waals surface area contributed by atoms with Gasteiger partial charge in [0.2, 0.25) is 0 Å². The van der Waals surface area contributed by atoms with E-state index in [1.165, 1.54) is 24.3 Å². The van der Waals surface area contributed by atoms with Crippen molar-refractivity contribution in [2.45, 2.75) is 12.5 Å². The van der Waals surface area contributed by atoms with Crippen LogP contribution >= 0.6 is 12.2 Å². The first-order chi connectivity index (χ1) is 12.8. The van der Waals surface area contributed by atoms with Crippen molar-refractivity contribution in [3.8, 4) is 0 Å². The summed E-state index contributed by atoms with van der Waals surface area (Å²) >= 11 is 5.12. The van der Waals surface area contributed by atoms with Crippen LogP contribution in [0, 0.1) is 10.1 Å². The van der Waals surface area contributed by atoms with E-state index in [-0.39, 0.29) is 10.8 Å². The molecule has 0 aliphatic carbocycles. The third kappa shape index (κ3) is 3.55. The number of non-ortho nitro benzene ring substituents is 1. The number of rotatable bonds is 4. The maximum absolute atomic E-state index is 12.8. The van der Waals surface area contributed by atoms with Gasteiger partial charge < -0.3 is 10.6 Å². The number of anilines is 1. The number of thiocarbonyl (C=S) groups is 1. The van der Waals surface area contributed by atoms with E-state index in [1.807, 2.05) is 6.07 Å². The van der Waals surface area contributed by atoms with E-state index in [0.717, 1.165) is 5.01 Å². The number of imide groups is 1. The monoisotopic (exact) mass is 385 g/mol. The highest BCUT2D eigenvalue weighted by Gasteiger charge is 2.49. The van der Waals surface area contributed by atoms with Crippen molar-refractivity contribution in [2.24, 2.45) is 0 Å². The Kier molecular flexibility index (Phi) is 4.74. The first-order valence-corrected chi connectivity index (χ1v) is 8.26. The highest BCUT2D eigenvalue weighted by Crippen LogP contribution is 2.27. The lowest BCUT2D eigenvalue weighted by Crippen LogP contribution is -2.49. The number of carbonyl (C=O) groups excluding carboxylic acids is 2. The molecule has 1 heterocycles. The largest absolute Gasteiger partial charge is 0.344 e. The van der Waals surface area contributed by atoms with Gasteiger partial charge in [-0.3, -0.25) is 20.3 Å². The molecule has 9 nitrogen and oxygen atoms in total. The molecule has 1 aliphatic rings. The van der Waals surface area contributed by atoms with Crippen molar-refractivity contribution in [1.82, 2.24) is 15.8 Å². The van der Waals surface area contributed by atoms with Gasteiger partial charge in [-0.2, -0.15) is 5.01 Å². The van der Waals surface area contributed by atoms with Gasteiger partial charge in [0.1, 0.15) is 5.54 Å². The van der Waals surface area contributed by atoms with Crippen LogP contribution in [0.2, 0.25) is 0 Å². The third-order valence-corrected chi connectivity index (χ3v) is 4.28. The number of nitrogens with one attached hydrogen (secondary N) is 3. The Morgan fingerprint density at radius 1 is 1.15 bits per heavy atom. The SMILES string of the molecule is C[C@@]1(c2ccccc2)NC(=O)N(NC(=S)Nc2ccc([N+](=O)[O-])cc2)C1=O. The van der Waals surface area contributed by atoms with Gasteiger partial charge in [0.15, 0.2) is 5.11 Å². The average molecular weight is 385 g/mol. The molecule has 0 bridgehead atoms. The molecule has 3 rings (SSSR count). The lowest BCUT2D eigenvalue weighted by atomic mass is 9.92. The van der Waals surface area contributed by atoms with E-state index in [0.29, 0.717) is 11.3 Å². The quantitative estimate of drug-likeness (QED) is 0.320. The molecule has 0 unspecified atom stereocenters. The molecule has 138 valence electrons. The molecule has 0 saturated carbocycles. The Balaban J connectivity index is 1.70. The minimum Gasteiger partial charge on any atom is -0.331 e. The van der Waals surface area contributed by atoms with Crippen LogP contribution in [0.3, 0.4) is 0 Å². The second-order valence-corrected chi connectivity index (χ2v) is 6.34. The number of hydrazine groups is 1. The zero-order valence-electron chi connectivity index (χ0n) is 14.1. The smallest absolute Gasteiger partial charge is 0.331 e. The summed E-state index contributed by atoms with van der Waals surface area (Å²) in [4.78, 5) is 35.2. The first kappa shape index (κ1) is 18.3. The van der Waals surface area contributed by atoms with Gasteiger partial charge in [-0.1, -0.05) is 30.3 Å². The van der Waals surface area contributed by atoms with Gasteiger partial charge in [-0.15, -0.1) is 0 Å². The maximum atomic E-state index is 12.8. The average Bonchev–Trinajstić information content (AvgIpc) is 2.87. The topological polar surface area (TPSA) is 117 Å². The highest BCUT2D eigenvalue weighted by atomic mass is 32.1. The van der Waals surface area contributed by atoms with Gasteiger partial charge >= 0.3 is 6.03 Å². The van der Waals surface area contributed by atoms with Crippen LogP contribution in [-0.4, -0.2) is 27.0 Å². The summed E-state index contributed by atoms with van der Waals surface area (Å²) in [6.07, 6.45) is 0. The van der Waals surface area contributed by atoms with Crippen LogP contribution in [0.25, 0.3) is 0 Å². The lowest BCUT2D eigenvalue weighted by Gasteiger charge is -2.22. The van der Waals surface area contributed by atoms with E-state index in [4.69, 9.17) is 12.2 Å². The zero-order chi connectivity index (χ0) is 19.6. The summed E-state index contributed by atoms with van der Waals surface area (Å²) < 4.78 is 0. The van der Waals surface area contributed by atoms with Gasteiger partial charge in [-0.25, -0.2) is 4.79 Å². The molecular formula is C17H15N5O4S. The number of nitrogens with zero attached hydrogens (tertiary/aromatic N) is 2. The molecule has 1 saturated heterocycles. The Morgan fingerprint density at radius 2 is 1.78 bits per heavy atom. The molecule has 2 aromatic rings. The molecule has 2 aromatic carbocycles. The Hall–Kier alpha value is -3.53. The summed E-state index contributed by atoms with van der Waals surface area (Å²) in [6, 6.07) is 13.8. The number of hydrogen-bond donors (Lipinski definition) is 3. The van der Waals surface area contributed by atoms with Crippen molar-refractivity contribution in [3.05, 3.63) is 70.3 Å². The molecule has 3 N–H and O–H groups in total. The Labute approximate surface area is 159 Å². The minimum atomic E-state index is -1.21. The first-order valence-electron chi connectivity index (χ1n) is 7.85. The zero-order valence-corrected chi connectivity index (χ0v) is 14.9. The summed E-state index contributed by atoms with van der Waals surface area (Å²) in [6.45, 7) is 1.61. The number of carbonyl (C=O) groups is 2. The molecule has 1 aliphatic heterocycles. The normalized spacial score (nSPS) is 18.8. The Bertz CT molecular complexity index is 919. The number of amides is 3. The van der Waals surface area contributed by atoms with E-state index >= 15 is 0 Å². The van der Waals surface area contributed by atoms with E-state index in [2.05, 4.69) is 16.1 Å². The van der Waals surface area contributed by atoms with Crippen molar-refractivity contribution in [3.63, 3.8) is 0 Å². The molecule has 3 amide bonds. The van der Waals surface area contributed by atoms with Crippen molar-refractivity contribution < 1.29 is 14.5 Å². The van der Waals surface area contributed by atoms with Crippen LogP contribution in [-0.2, 0) is 10.3 Å². The van der Waals surface area contributed by atoms with Crippen molar-refractivity contribution in [2.75, 3.05) is 5.32 Å². The molecular weight excluding hydrogens is 370 g/mol. The molecule has 0 radical (unpaired) electrons. The molecule has 27 heavy (non-hydrogen) atoms. The van der Waals surface area contributed by atoms with Crippen LogP contribution in [0.5, 0.6) is 0 Å². The second kappa shape index (κ2) is 7.00. The fourth-order valence-corrected chi connectivity index (χ4v) is 2.84. The van der Waals surface area contributed by atoms with Gasteiger partial charge in [0, 0.05) is 17.8 Å². The third-order valence-electron chi connectivity index (χ3n) is 4.09. The number of nitro groups is 1. The lowest BCUT2D eigenvalue weighted by molar-refractivity contribution is -0.384. The summed E-state index contributed by atoms with van der Waals surface area (Å²) in [5.41, 5.74) is 2.38. The van der Waals surface area contributed by atoms with Gasteiger partial charge in [0.25, 0.3) is 11.6 Å². The highest BCUT2D eigenvalue weighted by molar-refractivity contribution is 7.80. The summed E-state index contributed by atoms with van der Waals surface area (Å²) in [5.74, 6) is -0.508. The van der Waals surface area contributed by atoms with Crippen LogP contribution in [0.15, 0.2) is 54.6 Å². The van der Waals surface area contributed by atoms with E-state index < -0.39 is 22.4 Å². The van der Waals surface area contributed by atoms with E-state index in [1.54, 1.807) is 31.2 Å². The fraction of sp³-hybridized carbons (Fsp3) is 0.118. The molecule has 0 spiro atoms. The number of nitro benzene ring substituents is 1. The van der Waals surface area contributed by atoms with E-state index in [9.17, 15) is 19.7 Å². The van der Waals surface area contributed by atoms with Gasteiger partial charge in [-0.05, 0) is 36.8 Å².